The van der Waals surface area contributed by atoms with Crippen LogP contribution in [0.15, 0.2) is 16.3 Å². The van der Waals surface area contributed by atoms with Crippen molar-refractivity contribution in [2.75, 3.05) is 33.4 Å². The molecule has 1 aromatic rings. The van der Waals surface area contributed by atoms with E-state index in [1.165, 1.54) is 0 Å². The first-order valence-electron chi connectivity index (χ1n) is 6.74. The van der Waals surface area contributed by atoms with E-state index < -0.39 is 5.60 Å². The monoisotopic (exact) mass is 283 g/mol. The fourth-order valence-electron chi connectivity index (χ4n) is 2.55. The van der Waals surface area contributed by atoms with Crippen LogP contribution in [0.25, 0.3) is 0 Å². The number of hydrogen-bond donors (Lipinski definition) is 0. The molecule has 0 spiro atoms. The molecule has 0 saturated carbocycles. The minimum Gasteiger partial charge on any atom is -0.421 e. The van der Waals surface area contributed by atoms with Crippen LogP contribution in [-0.4, -0.2) is 48.5 Å². The lowest BCUT2D eigenvalue weighted by molar-refractivity contribution is -0.0420. The molecule has 1 unspecified atom stereocenters. The molecule has 3 rings (SSSR count). The molecule has 1 aromatic heterocycles. The molecule has 1 atom stereocenters. The molecule has 6 nitrogen and oxygen atoms in total. The van der Waals surface area contributed by atoms with Crippen LogP contribution >= 0.6 is 0 Å². The van der Waals surface area contributed by atoms with Gasteiger partial charge < -0.3 is 13.9 Å². The molecular formula is C13H18FN3O3. The van der Waals surface area contributed by atoms with Crippen molar-refractivity contribution in [3.05, 3.63) is 23.7 Å². The van der Waals surface area contributed by atoms with E-state index >= 15 is 0 Å². The Morgan fingerprint density at radius 1 is 1.50 bits per heavy atom. The average molecular weight is 283 g/mol. The predicted molar refractivity (Wildman–Crippen MR) is 67.5 cm³/mol. The maximum absolute atomic E-state index is 13.2. The molecule has 0 aromatic carbocycles. The molecule has 7 heteroatoms. The van der Waals surface area contributed by atoms with Crippen molar-refractivity contribution in [2.24, 2.45) is 0 Å². The molecule has 0 radical (unpaired) electrons. The van der Waals surface area contributed by atoms with Crippen molar-refractivity contribution in [1.82, 2.24) is 15.1 Å². The van der Waals surface area contributed by atoms with Gasteiger partial charge in [0, 0.05) is 20.1 Å². The van der Waals surface area contributed by atoms with E-state index in [1.807, 2.05) is 4.90 Å². The van der Waals surface area contributed by atoms with Gasteiger partial charge in [-0.25, -0.2) is 4.39 Å². The van der Waals surface area contributed by atoms with Crippen LogP contribution in [0.3, 0.4) is 0 Å². The van der Waals surface area contributed by atoms with Gasteiger partial charge in [0.05, 0.1) is 26.3 Å². The molecule has 2 aliphatic rings. The molecule has 3 heterocycles. The summed E-state index contributed by atoms with van der Waals surface area (Å²) in [7, 11) is 1.61. The molecule has 2 aliphatic heterocycles. The van der Waals surface area contributed by atoms with Gasteiger partial charge in [0.1, 0.15) is 5.83 Å². The third-order valence-electron chi connectivity index (χ3n) is 3.78. The standard InChI is InChI=1S/C13H18FN3O3/c1-18-13(4-6-19-9-13)12-16-15-11(20-12)8-17-5-2-3-10(14)7-17/h3H,2,4-9H2,1H3. The molecule has 1 saturated heterocycles. The zero-order valence-electron chi connectivity index (χ0n) is 11.5. The predicted octanol–water partition coefficient (Wildman–Crippen LogP) is 1.39. The number of aromatic nitrogens is 2. The highest BCUT2D eigenvalue weighted by Crippen LogP contribution is 2.33. The lowest BCUT2D eigenvalue weighted by Gasteiger charge is -2.22. The first kappa shape index (κ1) is 13.7. The van der Waals surface area contributed by atoms with Crippen LogP contribution in [0.2, 0.25) is 0 Å². The lowest BCUT2D eigenvalue weighted by Crippen LogP contribution is -2.29. The van der Waals surface area contributed by atoms with E-state index in [4.69, 9.17) is 13.9 Å². The number of ether oxygens (including phenoxy) is 2. The summed E-state index contributed by atoms with van der Waals surface area (Å²) in [6.07, 6.45) is 3.03. The van der Waals surface area contributed by atoms with Crippen LogP contribution in [0.1, 0.15) is 24.6 Å². The second kappa shape index (κ2) is 5.59. The Labute approximate surface area is 116 Å². The Kier molecular flexibility index (Phi) is 3.82. The number of rotatable bonds is 4. The van der Waals surface area contributed by atoms with Gasteiger partial charge in [0.25, 0.3) is 5.89 Å². The molecule has 0 N–H and O–H groups in total. The second-order valence-corrected chi connectivity index (χ2v) is 5.15. The SMILES string of the molecule is COC1(c2nnc(CN3CCC=C(F)C3)o2)CCOC1. The van der Waals surface area contributed by atoms with E-state index in [2.05, 4.69) is 10.2 Å². The molecular weight excluding hydrogens is 265 g/mol. The second-order valence-electron chi connectivity index (χ2n) is 5.15. The van der Waals surface area contributed by atoms with Crippen LogP contribution in [0.4, 0.5) is 4.39 Å². The maximum Gasteiger partial charge on any atom is 0.250 e. The van der Waals surface area contributed by atoms with Crippen LogP contribution in [0, 0.1) is 0 Å². The Balaban J connectivity index is 1.69. The van der Waals surface area contributed by atoms with E-state index in [0.29, 0.717) is 50.9 Å². The highest BCUT2D eigenvalue weighted by Gasteiger charge is 2.42. The van der Waals surface area contributed by atoms with E-state index in [1.54, 1.807) is 13.2 Å². The molecule has 110 valence electrons. The first-order valence-corrected chi connectivity index (χ1v) is 6.74. The van der Waals surface area contributed by atoms with E-state index in [-0.39, 0.29) is 5.83 Å². The quantitative estimate of drug-likeness (QED) is 0.832. The zero-order chi connectivity index (χ0) is 14.0. The summed E-state index contributed by atoms with van der Waals surface area (Å²) in [5.74, 6) is 0.826. The maximum atomic E-state index is 13.2. The van der Waals surface area contributed by atoms with Crippen molar-refractivity contribution in [1.29, 1.82) is 0 Å². The summed E-state index contributed by atoms with van der Waals surface area (Å²) in [5, 5.41) is 8.11. The molecule has 1 fully saturated rings. The fraction of sp³-hybridized carbons (Fsp3) is 0.692. The van der Waals surface area contributed by atoms with Gasteiger partial charge >= 0.3 is 0 Å². The van der Waals surface area contributed by atoms with Crippen molar-refractivity contribution in [2.45, 2.75) is 25.0 Å². The Bertz CT molecular complexity index is 497. The Morgan fingerprint density at radius 3 is 3.10 bits per heavy atom. The summed E-state index contributed by atoms with van der Waals surface area (Å²) < 4.78 is 29.8. The summed E-state index contributed by atoms with van der Waals surface area (Å²) in [6.45, 7) is 2.59. The third kappa shape index (κ3) is 2.61. The van der Waals surface area contributed by atoms with Gasteiger partial charge in [-0.05, 0) is 6.42 Å². The van der Waals surface area contributed by atoms with Crippen LogP contribution in [-0.2, 0) is 21.6 Å². The van der Waals surface area contributed by atoms with Gasteiger partial charge in [0.2, 0.25) is 5.89 Å². The molecule has 20 heavy (non-hydrogen) atoms. The Hall–Kier alpha value is -1.31. The van der Waals surface area contributed by atoms with Gasteiger partial charge in [-0.1, -0.05) is 6.08 Å². The van der Waals surface area contributed by atoms with Gasteiger partial charge in [-0.15, -0.1) is 10.2 Å². The fourth-order valence-corrected chi connectivity index (χ4v) is 2.55. The van der Waals surface area contributed by atoms with Gasteiger partial charge in [-0.3, -0.25) is 4.90 Å². The third-order valence-corrected chi connectivity index (χ3v) is 3.78. The molecule has 0 bridgehead atoms. The van der Waals surface area contributed by atoms with Crippen molar-refractivity contribution in [3.63, 3.8) is 0 Å². The first-order chi connectivity index (χ1) is 9.72. The normalized spacial score (nSPS) is 27.8. The number of methoxy groups -OCH3 is 1. The topological polar surface area (TPSA) is 60.6 Å². The minimum absolute atomic E-state index is 0.103. The summed E-state index contributed by atoms with van der Waals surface area (Å²) in [6, 6.07) is 0. The number of nitrogens with zero attached hydrogens (tertiary/aromatic N) is 3. The summed E-state index contributed by atoms with van der Waals surface area (Å²) >= 11 is 0. The van der Waals surface area contributed by atoms with Crippen molar-refractivity contribution < 1.29 is 18.3 Å². The van der Waals surface area contributed by atoms with E-state index in [9.17, 15) is 4.39 Å². The highest BCUT2D eigenvalue weighted by atomic mass is 19.1. The van der Waals surface area contributed by atoms with Crippen molar-refractivity contribution >= 4 is 0 Å². The highest BCUT2D eigenvalue weighted by molar-refractivity contribution is 5.02. The zero-order valence-corrected chi connectivity index (χ0v) is 11.5. The largest absolute Gasteiger partial charge is 0.421 e. The Morgan fingerprint density at radius 2 is 2.40 bits per heavy atom. The number of hydrogen-bond acceptors (Lipinski definition) is 6. The molecule has 0 aliphatic carbocycles. The number of halogens is 1. The minimum atomic E-state index is -0.627. The molecule has 0 amide bonds. The van der Waals surface area contributed by atoms with Gasteiger partial charge in [-0.2, -0.15) is 0 Å². The lowest BCUT2D eigenvalue weighted by atomic mass is 10.0. The van der Waals surface area contributed by atoms with Crippen LogP contribution in [0.5, 0.6) is 0 Å². The van der Waals surface area contributed by atoms with Gasteiger partial charge in [0.15, 0.2) is 5.60 Å². The average Bonchev–Trinajstić information content (AvgIpc) is 3.08. The van der Waals surface area contributed by atoms with Crippen LogP contribution < -0.4 is 0 Å². The smallest absolute Gasteiger partial charge is 0.250 e. The summed E-state index contributed by atoms with van der Waals surface area (Å²) in [5.41, 5.74) is -0.627. The van der Waals surface area contributed by atoms with Crippen molar-refractivity contribution in [3.8, 4) is 0 Å². The van der Waals surface area contributed by atoms with E-state index in [0.717, 1.165) is 6.54 Å². The summed E-state index contributed by atoms with van der Waals surface area (Å²) in [4.78, 5) is 1.94.